The SMILES string of the molecule is COc1ccc(CNC(=O)C2CSCN2)cc1C(C)(C)C. The number of benzene rings is 1. The lowest BCUT2D eigenvalue weighted by atomic mass is 9.85. The van der Waals surface area contributed by atoms with E-state index in [9.17, 15) is 4.79 Å². The average Bonchev–Trinajstić information content (AvgIpc) is 2.97. The van der Waals surface area contributed by atoms with E-state index >= 15 is 0 Å². The summed E-state index contributed by atoms with van der Waals surface area (Å²) >= 11 is 1.75. The maximum atomic E-state index is 12.0. The van der Waals surface area contributed by atoms with Crippen LogP contribution in [0.3, 0.4) is 0 Å². The van der Waals surface area contributed by atoms with Crippen LogP contribution in [0.1, 0.15) is 31.9 Å². The lowest BCUT2D eigenvalue weighted by Gasteiger charge is -2.23. The van der Waals surface area contributed by atoms with E-state index in [1.165, 1.54) is 0 Å². The molecule has 21 heavy (non-hydrogen) atoms. The average molecular weight is 308 g/mol. The van der Waals surface area contributed by atoms with Crippen molar-refractivity contribution in [2.45, 2.75) is 38.8 Å². The van der Waals surface area contributed by atoms with Crippen LogP contribution >= 0.6 is 11.8 Å². The van der Waals surface area contributed by atoms with E-state index in [0.29, 0.717) is 6.54 Å². The summed E-state index contributed by atoms with van der Waals surface area (Å²) in [7, 11) is 1.69. The molecule has 1 amide bonds. The van der Waals surface area contributed by atoms with Crippen molar-refractivity contribution < 1.29 is 9.53 Å². The minimum Gasteiger partial charge on any atom is -0.496 e. The molecule has 1 unspecified atom stereocenters. The van der Waals surface area contributed by atoms with Crippen molar-refractivity contribution in [1.82, 2.24) is 10.6 Å². The molecule has 0 aliphatic carbocycles. The van der Waals surface area contributed by atoms with Crippen LogP contribution in [-0.2, 0) is 16.8 Å². The van der Waals surface area contributed by atoms with Crippen molar-refractivity contribution in [2.75, 3.05) is 18.7 Å². The molecule has 116 valence electrons. The number of amides is 1. The highest BCUT2D eigenvalue weighted by molar-refractivity contribution is 7.99. The maximum absolute atomic E-state index is 12.0. The minimum atomic E-state index is -0.0599. The molecular weight excluding hydrogens is 284 g/mol. The Kier molecular flexibility index (Phi) is 5.17. The fraction of sp³-hybridized carbons (Fsp3) is 0.562. The summed E-state index contributed by atoms with van der Waals surface area (Å²) in [6, 6.07) is 6.04. The van der Waals surface area contributed by atoms with E-state index in [2.05, 4.69) is 37.5 Å². The van der Waals surface area contributed by atoms with Crippen LogP contribution in [0.25, 0.3) is 0 Å². The third kappa shape index (κ3) is 4.14. The molecule has 4 nitrogen and oxygen atoms in total. The predicted octanol–water partition coefficient (Wildman–Crippen LogP) is 2.27. The van der Waals surface area contributed by atoms with Gasteiger partial charge in [-0.15, -0.1) is 11.8 Å². The van der Waals surface area contributed by atoms with Gasteiger partial charge in [0.25, 0.3) is 0 Å². The van der Waals surface area contributed by atoms with Crippen molar-refractivity contribution in [3.8, 4) is 5.75 Å². The molecule has 1 atom stereocenters. The molecule has 1 heterocycles. The molecular formula is C16H24N2O2S. The lowest BCUT2D eigenvalue weighted by Crippen LogP contribution is -2.41. The number of rotatable bonds is 4. The van der Waals surface area contributed by atoms with Crippen LogP contribution in [0.2, 0.25) is 0 Å². The number of carbonyl (C=O) groups excluding carboxylic acids is 1. The zero-order valence-electron chi connectivity index (χ0n) is 13.2. The quantitative estimate of drug-likeness (QED) is 0.896. The van der Waals surface area contributed by atoms with E-state index < -0.39 is 0 Å². The summed E-state index contributed by atoms with van der Waals surface area (Å²) < 4.78 is 5.43. The van der Waals surface area contributed by atoms with Gasteiger partial charge in [-0.3, -0.25) is 10.1 Å². The topological polar surface area (TPSA) is 50.4 Å². The fourth-order valence-electron chi connectivity index (χ4n) is 2.33. The summed E-state index contributed by atoms with van der Waals surface area (Å²) in [4.78, 5) is 12.0. The molecule has 1 aromatic carbocycles. The maximum Gasteiger partial charge on any atom is 0.238 e. The van der Waals surface area contributed by atoms with Crippen molar-refractivity contribution in [3.05, 3.63) is 29.3 Å². The highest BCUT2D eigenvalue weighted by Crippen LogP contribution is 2.31. The smallest absolute Gasteiger partial charge is 0.238 e. The molecule has 1 saturated heterocycles. The Bertz CT molecular complexity index is 505. The van der Waals surface area contributed by atoms with Crippen LogP contribution in [0.15, 0.2) is 18.2 Å². The third-order valence-electron chi connectivity index (χ3n) is 3.57. The second kappa shape index (κ2) is 6.71. The molecule has 1 aliphatic heterocycles. The van der Waals surface area contributed by atoms with Gasteiger partial charge in [0.15, 0.2) is 0 Å². The van der Waals surface area contributed by atoms with E-state index in [1.807, 2.05) is 12.1 Å². The minimum absolute atomic E-state index is 0.00894. The number of hydrogen-bond donors (Lipinski definition) is 2. The first-order valence-electron chi connectivity index (χ1n) is 7.18. The van der Waals surface area contributed by atoms with Gasteiger partial charge >= 0.3 is 0 Å². The predicted molar refractivity (Wildman–Crippen MR) is 87.8 cm³/mol. The zero-order chi connectivity index (χ0) is 15.5. The normalized spacial score (nSPS) is 18.6. The Morgan fingerprint density at radius 3 is 2.81 bits per heavy atom. The fourth-order valence-corrected chi connectivity index (χ4v) is 3.27. The van der Waals surface area contributed by atoms with Crippen molar-refractivity contribution in [1.29, 1.82) is 0 Å². The Labute approximate surface area is 131 Å². The first kappa shape index (κ1) is 16.2. The van der Waals surface area contributed by atoms with Crippen LogP contribution in [0.5, 0.6) is 5.75 Å². The van der Waals surface area contributed by atoms with Crippen molar-refractivity contribution >= 4 is 17.7 Å². The standard InChI is InChI=1S/C16H24N2O2S/c1-16(2,3)12-7-11(5-6-14(12)20-4)8-17-15(19)13-9-21-10-18-13/h5-7,13,18H,8-10H2,1-4H3,(H,17,19). The van der Waals surface area contributed by atoms with E-state index in [4.69, 9.17) is 4.74 Å². The summed E-state index contributed by atoms with van der Waals surface area (Å²) in [5.41, 5.74) is 2.26. The summed E-state index contributed by atoms with van der Waals surface area (Å²) in [5, 5.41) is 6.18. The Morgan fingerprint density at radius 2 is 2.24 bits per heavy atom. The van der Waals surface area contributed by atoms with E-state index in [1.54, 1.807) is 18.9 Å². The number of methoxy groups -OCH3 is 1. The molecule has 2 rings (SSSR count). The molecule has 1 aromatic rings. The van der Waals surface area contributed by atoms with Crippen molar-refractivity contribution in [3.63, 3.8) is 0 Å². The molecule has 2 N–H and O–H groups in total. The van der Waals surface area contributed by atoms with Gasteiger partial charge in [-0.25, -0.2) is 0 Å². The van der Waals surface area contributed by atoms with Crippen LogP contribution in [0, 0.1) is 0 Å². The summed E-state index contributed by atoms with van der Waals surface area (Å²) in [6.07, 6.45) is 0. The number of thioether (sulfide) groups is 1. The zero-order valence-corrected chi connectivity index (χ0v) is 14.0. The van der Waals surface area contributed by atoms with Crippen LogP contribution in [0.4, 0.5) is 0 Å². The lowest BCUT2D eigenvalue weighted by molar-refractivity contribution is -0.122. The first-order valence-corrected chi connectivity index (χ1v) is 8.33. The number of ether oxygens (including phenoxy) is 1. The van der Waals surface area contributed by atoms with Gasteiger partial charge < -0.3 is 10.1 Å². The van der Waals surface area contributed by atoms with E-state index in [-0.39, 0.29) is 17.4 Å². The summed E-state index contributed by atoms with van der Waals surface area (Å²) in [5.74, 6) is 2.68. The Hall–Kier alpha value is -1.20. The van der Waals surface area contributed by atoms with Gasteiger partial charge in [-0.2, -0.15) is 0 Å². The third-order valence-corrected chi connectivity index (χ3v) is 4.51. The molecule has 0 spiro atoms. The number of hydrogen-bond acceptors (Lipinski definition) is 4. The second-order valence-electron chi connectivity index (χ2n) is 6.27. The van der Waals surface area contributed by atoms with Gasteiger partial charge in [0.05, 0.1) is 13.2 Å². The molecule has 1 aliphatic rings. The Balaban J connectivity index is 2.05. The van der Waals surface area contributed by atoms with Gasteiger partial charge in [0, 0.05) is 18.2 Å². The van der Waals surface area contributed by atoms with Crippen LogP contribution < -0.4 is 15.4 Å². The molecule has 1 fully saturated rings. The van der Waals surface area contributed by atoms with Crippen molar-refractivity contribution in [2.24, 2.45) is 0 Å². The largest absolute Gasteiger partial charge is 0.496 e. The molecule has 5 heteroatoms. The molecule has 0 bridgehead atoms. The highest BCUT2D eigenvalue weighted by Gasteiger charge is 2.23. The Morgan fingerprint density at radius 1 is 1.48 bits per heavy atom. The highest BCUT2D eigenvalue weighted by atomic mass is 32.2. The monoisotopic (exact) mass is 308 g/mol. The molecule has 0 saturated carbocycles. The van der Waals surface area contributed by atoms with Gasteiger partial charge in [-0.1, -0.05) is 26.8 Å². The number of nitrogens with one attached hydrogen (secondary N) is 2. The number of carbonyl (C=O) groups is 1. The van der Waals surface area contributed by atoms with Gasteiger partial charge in [-0.05, 0) is 28.7 Å². The van der Waals surface area contributed by atoms with E-state index in [0.717, 1.165) is 28.5 Å². The summed E-state index contributed by atoms with van der Waals surface area (Å²) in [6.45, 7) is 7.03. The van der Waals surface area contributed by atoms with Gasteiger partial charge in [0.2, 0.25) is 5.91 Å². The first-order chi connectivity index (χ1) is 9.91. The molecule has 0 radical (unpaired) electrons. The molecule has 0 aromatic heterocycles. The van der Waals surface area contributed by atoms with Gasteiger partial charge in [0.1, 0.15) is 5.75 Å². The van der Waals surface area contributed by atoms with Crippen LogP contribution in [-0.4, -0.2) is 30.7 Å². The second-order valence-corrected chi connectivity index (χ2v) is 7.30.